The molecule has 0 atom stereocenters. The minimum absolute atomic E-state index is 0.295. The highest BCUT2D eigenvalue weighted by Gasteiger charge is 2.21. The fraction of sp³-hybridized carbons (Fsp3) is 0.316. The normalized spacial score (nSPS) is 14.6. The van der Waals surface area contributed by atoms with E-state index in [0.717, 1.165) is 34.9 Å². The topological polar surface area (TPSA) is 67.3 Å². The molecule has 4 rings (SSSR count). The molecule has 1 fully saturated rings. The van der Waals surface area contributed by atoms with Crippen LogP contribution in [0, 0.1) is 19.7 Å². The molecule has 0 aliphatic carbocycles. The van der Waals surface area contributed by atoms with Gasteiger partial charge in [-0.15, -0.1) is 11.3 Å². The maximum Gasteiger partial charge on any atom is 0.284 e. The van der Waals surface area contributed by atoms with Crippen molar-refractivity contribution in [1.29, 1.82) is 0 Å². The molecule has 1 amide bonds. The van der Waals surface area contributed by atoms with Crippen molar-refractivity contribution in [2.24, 2.45) is 0 Å². The van der Waals surface area contributed by atoms with E-state index in [1.807, 2.05) is 19.9 Å². The van der Waals surface area contributed by atoms with E-state index in [1.165, 1.54) is 23.5 Å². The summed E-state index contributed by atoms with van der Waals surface area (Å²) in [6, 6.07) is 6.31. The SMILES string of the molecule is Cc1cc(N2CCOCC2)c(NC(=O)c2nc3cc(F)ccc3s2)c(C)n1. The third-order valence-electron chi connectivity index (χ3n) is 4.44. The molecule has 0 radical (unpaired) electrons. The van der Waals surface area contributed by atoms with Crippen LogP contribution in [0.4, 0.5) is 15.8 Å². The first-order valence-corrected chi connectivity index (χ1v) is 9.51. The Kier molecular flexibility index (Phi) is 4.75. The van der Waals surface area contributed by atoms with Crippen molar-refractivity contribution in [3.63, 3.8) is 0 Å². The molecule has 0 saturated carbocycles. The Morgan fingerprint density at radius 3 is 2.78 bits per heavy atom. The molecule has 27 heavy (non-hydrogen) atoms. The number of benzene rings is 1. The Bertz CT molecular complexity index is 1010. The lowest BCUT2D eigenvalue weighted by Crippen LogP contribution is -2.37. The van der Waals surface area contributed by atoms with Gasteiger partial charge in [-0.1, -0.05) is 0 Å². The van der Waals surface area contributed by atoms with E-state index in [-0.39, 0.29) is 11.7 Å². The second-order valence-corrected chi connectivity index (χ2v) is 7.46. The molecule has 8 heteroatoms. The fourth-order valence-electron chi connectivity index (χ4n) is 3.18. The molecule has 140 valence electrons. The number of rotatable bonds is 3. The summed E-state index contributed by atoms with van der Waals surface area (Å²) in [5, 5.41) is 3.26. The molecular weight excluding hydrogens is 367 g/mol. The molecule has 1 aromatic carbocycles. The van der Waals surface area contributed by atoms with Gasteiger partial charge in [-0.25, -0.2) is 9.37 Å². The first-order chi connectivity index (χ1) is 13.0. The van der Waals surface area contributed by atoms with E-state index in [0.29, 0.717) is 29.4 Å². The zero-order valence-electron chi connectivity index (χ0n) is 15.1. The first kappa shape index (κ1) is 17.8. The molecule has 3 heterocycles. The number of fused-ring (bicyclic) bond motifs is 1. The number of hydrogen-bond acceptors (Lipinski definition) is 6. The first-order valence-electron chi connectivity index (χ1n) is 8.69. The molecule has 0 unspecified atom stereocenters. The summed E-state index contributed by atoms with van der Waals surface area (Å²) in [4.78, 5) is 23.8. The highest BCUT2D eigenvalue weighted by atomic mass is 32.1. The number of anilines is 2. The third kappa shape index (κ3) is 3.63. The number of halogens is 1. The van der Waals surface area contributed by atoms with Crippen molar-refractivity contribution in [2.75, 3.05) is 36.5 Å². The lowest BCUT2D eigenvalue weighted by molar-refractivity contribution is 0.102. The van der Waals surface area contributed by atoms with Gasteiger partial charge in [0.05, 0.1) is 40.5 Å². The van der Waals surface area contributed by atoms with Gasteiger partial charge in [-0.05, 0) is 32.0 Å². The monoisotopic (exact) mass is 386 g/mol. The lowest BCUT2D eigenvalue weighted by atomic mass is 10.2. The Morgan fingerprint density at radius 2 is 2.00 bits per heavy atom. The van der Waals surface area contributed by atoms with Crippen LogP contribution in [0.2, 0.25) is 0 Å². The minimum Gasteiger partial charge on any atom is -0.378 e. The van der Waals surface area contributed by atoms with Crippen LogP contribution in [0.5, 0.6) is 0 Å². The molecule has 3 aromatic rings. The molecule has 1 aliphatic rings. The molecule has 0 spiro atoms. The van der Waals surface area contributed by atoms with Crippen LogP contribution >= 0.6 is 11.3 Å². The number of pyridine rings is 1. The van der Waals surface area contributed by atoms with E-state index in [4.69, 9.17) is 4.74 Å². The maximum absolute atomic E-state index is 13.4. The molecular formula is C19H19FN4O2S. The summed E-state index contributed by atoms with van der Waals surface area (Å²) in [6.45, 7) is 6.62. The van der Waals surface area contributed by atoms with Crippen molar-refractivity contribution < 1.29 is 13.9 Å². The van der Waals surface area contributed by atoms with E-state index in [9.17, 15) is 9.18 Å². The number of amides is 1. The van der Waals surface area contributed by atoms with Crippen LogP contribution in [-0.4, -0.2) is 42.2 Å². The van der Waals surface area contributed by atoms with Crippen molar-refractivity contribution in [2.45, 2.75) is 13.8 Å². The molecule has 1 saturated heterocycles. The number of hydrogen-bond donors (Lipinski definition) is 1. The highest BCUT2D eigenvalue weighted by molar-refractivity contribution is 7.20. The summed E-state index contributed by atoms with van der Waals surface area (Å²) in [6.07, 6.45) is 0. The smallest absolute Gasteiger partial charge is 0.284 e. The van der Waals surface area contributed by atoms with Crippen LogP contribution in [0.25, 0.3) is 10.2 Å². The summed E-state index contributed by atoms with van der Waals surface area (Å²) >= 11 is 1.24. The fourth-order valence-corrected chi connectivity index (χ4v) is 4.02. The zero-order valence-corrected chi connectivity index (χ0v) is 15.9. The number of morpholine rings is 1. The Hall–Kier alpha value is -2.58. The minimum atomic E-state index is -0.368. The van der Waals surface area contributed by atoms with Crippen molar-refractivity contribution >= 4 is 38.8 Å². The van der Waals surface area contributed by atoms with Crippen LogP contribution in [-0.2, 0) is 4.74 Å². The standard InChI is InChI=1S/C19H19FN4O2S/c1-11-9-15(24-5-7-26-8-6-24)17(12(2)21-11)23-18(25)19-22-14-10-13(20)3-4-16(14)27-19/h3-4,9-10H,5-8H2,1-2H3,(H,23,25). The average Bonchev–Trinajstić information content (AvgIpc) is 3.07. The van der Waals surface area contributed by atoms with Crippen LogP contribution < -0.4 is 10.2 Å². The van der Waals surface area contributed by atoms with Gasteiger partial charge in [0.15, 0.2) is 5.01 Å². The zero-order chi connectivity index (χ0) is 19.0. The number of aryl methyl sites for hydroxylation is 2. The van der Waals surface area contributed by atoms with Crippen LogP contribution in [0.1, 0.15) is 21.2 Å². The molecule has 1 N–H and O–H groups in total. The van der Waals surface area contributed by atoms with E-state index in [1.54, 1.807) is 6.07 Å². The summed E-state index contributed by atoms with van der Waals surface area (Å²) in [5.74, 6) is -0.687. The molecule has 0 bridgehead atoms. The van der Waals surface area contributed by atoms with Crippen molar-refractivity contribution in [3.8, 4) is 0 Å². The number of nitrogens with one attached hydrogen (secondary N) is 1. The van der Waals surface area contributed by atoms with Gasteiger partial charge < -0.3 is 15.0 Å². The van der Waals surface area contributed by atoms with Gasteiger partial charge in [-0.2, -0.15) is 0 Å². The number of aromatic nitrogens is 2. The largest absolute Gasteiger partial charge is 0.378 e. The predicted molar refractivity (Wildman–Crippen MR) is 104 cm³/mol. The summed E-state index contributed by atoms with van der Waals surface area (Å²) < 4.78 is 19.6. The Morgan fingerprint density at radius 1 is 1.22 bits per heavy atom. The maximum atomic E-state index is 13.4. The van der Waals surface area contributed by atoms with Gasteiger partial charge in [-0.3, -0.25) is 9.78 Å². The highest BCUT2D eigenvalue weighted by Crippen LogP contribution is 2.31. The Balaban J connectivity index is 1.67. The number of carbonyl (C=O) groups is 1. The van der Waals surface area contributed by atoms with Gasteiger partial charge in [0, 0.05) is 24.8 Å². The van der Waals surface area contributed by atoms with Gasteiger partial charge >= 0.3 is 0 Å². The van der Waals surface area contributed by atoms with Gasteiger partial charge in [0.1, 0.15) is 5.82 Å². The molecule has 2 aromatic heterocycles. The second-order valence-electron chi connectivity index (χ2n) is 6.43. The number of thiazole rings is 1. The van der Waals surface area contributed by atoms with Gasteiger partial charge in [0.2, 0.25) is 0 Å². The van der Waals surface area contributed by atoms with Crippen LogP contribution in [0.3, 0.4) is 0 Å². The van der Waals surface area contributed by atoms with E-state index >= 15 is 0 Å². The van der Waals surface area contributed by atoms with Gasteiger partial charge in [0.25, 0.3) is 5.91 Å². The third-order valence-corrected chi connectivity index (χ3v) is 5.48. The average molecular weight is 386 g/mol. The summed E-state index contributed by atoms with van der Waals surface area (Å²) in [7, 11) is 0. The van der Waals surface area contributed by atoms with Crippen LogP contribution in [0.15, 0.2) is 24.3 Å². The summed E-state index contributed by atoms with van der Waals surface area (Å²) in [5.41, 5.74) is 3.73. The lowest BCUT2D eigenvalue weighted by Gasteiger charge is -2.31. The second kappa shape index (κ2) is 7.21. The van der Waals surface area contributed by atoms with Crippen molar-refractivity contribution in [1.82, 2.24) is 9.97 Å². The quantitative estimate of drug-likeness (QED) is 0.746. The van der Waals surface area contributed by atoms with E-state index in [2.05, 4.69) is 20.2 Å². The number of nitrogens with zero attached hydrogens (tertiary/aromatic N) is 3. The van der Waals surface area contributed by atoms with Crippen molar-refractivity contribution in [3.05, 3.63) is 46.5 Å². The van der Waals surface area contributed by atoms with E-state index < -0.39 is 0 Å². The Labute approximate surface area is 160 Å². The predicted octanol–water partition coefficient (Wildman–Crippen LogP) is 3.54. The molecule has 6 nitrogen and oxygen atoms in total. The number of carbonyl (C=O) groups excluding carboxylic acids is 1. The molecule has 1 aliphatic heterocycles. The number of ether oxygens (including phenoxy) is 1.